The van der Waals surface area contributed by atoms with Gasteiger partial charge in [0.2, 0.25) is 0 Å². The Hall–Kier alpha value is 0.430. The minimum absolute atomic E-state index is 0. The van der Waals surface area contributed by atoms with E-state index in [-0.39, 0.29) is 37.7 Å². The second-order valence-electron chi connectivity index (χ2n) is 1.88. The van der Waals surface area contributed by atoms with Crippen LogP contribution in [0.4, 0.5) is 0 Å². The van der Waals surface area contributed by atoms with E-state index in [0.717, 1.165) is 6.08 Å². The Labute approximate surface area is 91.7 Å². The number of nitrogens with zero attached hydrogens (tertiary/aromatic N) is 1. The molecule has 0 atom stereocenters. The van der Waals surface area contributed by atoms with Crippen LogP contribution >= 0.6 is 0 Å². The molecule has 0 heterocycles. The molecule has 0 aliphatic carbocycles. The van der Waals surface area contributed by atoms with Crippen LogP contribution in [-0.2, 0) is 4.79 Å². The average Bonchev–Trinajstić information content (AvgIpc) is 1.65. The van der Waals surface area contributed by atoms with E-state index in [0.29, 0.717) is 0 Å². The number of hydrogen-bond acceptors (Lipinski definition) is 2. The third-order valence-corrected chi connectivity index (χ3v) is 0.175. The van der Waals surface area contributed by atoms with E-state index in [1.807, 2.05) is 26.0 Å². The summed E-state index contributed by atoms with van der Waals surface area (Å²) in [4.78, 5) is 11.2. The van der Waals surface area contributed by atoms with E-state index in [1.165, 1.54) is 0 Å². The van der Waals surface area contributed by atoms with Crippen molar-refractivity contribution in [1.82, 2.24) is 4.90 Å². The maximum absolute atomic E-state index is 9.25. The fraction of sp³-hybridized carbons (Fsp3) is 0.500. The Morgan fingerprint density at radius 1 is 1.50 bits per heavy atom. The normalized spacial score (nSPS) is 6.80. The first kappa shape index (κ1) is 16.8. The predicted octanol–water partition coefficient (Wildman–Crippen LogP) is -0.481. The summed E-state index contributed by atoms with van der Waals surface area (Å²) in [6.45, 7) is 2.96. The summed E-state index contributed by atoms with van der Waals surface area (Å²) in [5, 5.41) is 7.60. The van der Waals surface area contributed by atoms with Crippen molar-refractivity contribution in [2.45, 2.75) is 0 Å². The number of hydrogen-bond donors (Lipinski definition) is 1. The first-order valence-electron chi connectivity index (χ1n) is 2.47. The quantitative estimate of drug-likeness (QED) is 0.430. The second-order valence-corrected chi connectivity index (χ2v) is 1.88. The summed E-state index contributed by atoms with van der Waals surface area (Å²) >= 11 is 0. The topological polar surface area (TPSA) is 40.5 Å². The molecule has 0 spiro atoms. The second kappa shape index (κ2) is 12.1. The summed E-state index contributed by atoms with van der Waals surface area (Å²) in [6.07, 6.45) is 0.833. The molecule has 0 aromatic carbocycles. The molecule has 0 saturated heterocycles. The molecule has 0 unspecified atom stereocenters. The molecular weight excluding hydrogens is 158 g/mol. The number of carbonyl (C=O) groups is 1. The molecule has 0 radical (unpaired) electrons. The molecule has 0 rings (SSSR count). The van der Waals surface area contributed by atoms with Crippen molar-refractivity contribution in [2.75, 3.05) is 21.1 Å². The standard InChI is InChI=1S/C3H9N.C3H4O2.Ca.2H/c1-4(2)3;1-2-3(4)5;;;/h1-3H3;2H,1H2,(H,4,5);;;. The van der Waals surface area contributed by atoms with Crippen LogP contribution in [0, 0.1) is 0 Å². The fourth-order valence-corrected chi connectivity index (χ4v) is 0. The molecule has 58 valence electrons. The van der Waals surface area contributed by atoms with E-state index in [4.69, 9.17) is 5.11 Å². The van der Waals surface area contributed by atoms with Gasteiger partial charge < -0.3 is 10.0 Å². The molecule has 0 aromatic heterocycles. The molecule has 0 aromatic rings. The summed E-state index contributed by atoms with van der Waals surface area (Å²) in [5.41, 5.74) is 0. The zero-order valence-electron chi connectivity index (χ0n) is 6.09. The van der Waals surface area contributed by atoms with Crippen LogP contribution in [0.1, 0.15) is 0 Å². The minimum atomic E-state index is -0.981. The SMILES string of the molecule is C=CC(=O)O.CN(C)C.[CaH2]. The third kappa shape index (κ3) is 78.8. The van der Waals surface area contributed by atoms with Crippen LogP contribution in [0.3, 0.4) is 0 Å². The number of carboxylic acids is 1. The molecule has 0 amide bonds. The number of rotatable bonds is 1. The van der Waals surface area contributed by atoms with Crippen molar-refractivity contribution < 1.29 is 9.90 Å². The van der Waals surface area contributed by atoms with Crippen molar-refractivity contribution in [2.24, 2.45) is 0 Å². The van der Waals surface area contributed by atoms with Crippen LogP contribution in [0.25, 0.3) is 0 Å². The predicted molar refractivity (Wildman–Crippen MR) is 46.0 cm³/mol. The van der Waals surface area contributed by atoms with Crippen molar-refractivity contribution in [1.29, 1.82) is 0 Å². The van der Waals surface area contributed by atoms with E-state index < -0.39 is 5.97 Å². The summed E-state index contributed by atoms with van der Waals surface area (Å²) in [7, 11) is 6.00. The van der Waals surface area contributed by atoms with Crippen LogP contribution < -0.4 is 0 Å². The van der Waals surface area contributed by atoms with Gasteiger partial charge in [0.15, 0.2) is 0 Å². The van der Waals surface area contributed by atoms with Gasteiger partial charge in [0.05, 0.1) is 0 Å². The van der Waals surface area contributed by atoms with Gasteiger partial charge in [0.1, 0.15) is 0 Å². The van der Waals surface area contributed by atoms with Gasteiger partial charge in [0, 0.05) is 6.08 Å². The zero-order valence-corrected chi connectivity index (χ0v) is 6.09. The first-order valence-corrected chi connectivity index (χ1v) is 2.47. The number of carboxylic acid groups (broad SMARTS) is 1. The van der Waals surface area contributed by atoms with Crippen LogP contribution in [0.5, 0.6) is 0 Å². The fourth-order valence-electron chi connectivity index (χ4n) is 0. The van der Waals surface area contributed by atoms with Gasteiger partial charge in [-0.3, -0.25) is 0 Å². The van der Waals surface area contributed by atoms with Gasteiger partial charge in [-0.15, -0.1) is 0 Å². The molecule has 10 heavy (non-hydrogen) atoms. The van der Waals surface area contributed by atoms with E-state index in [2.05, 4.69) is 6.58 Å². The summed E-state index contributed by atoms with van der Waals surface area (Å²) in [6, 6.07) is 0. The Morgan fingerprint density at radius 3 is 1.60 bits per heavy atom. The van der Waals surface area contributed by atoms with Gasteiger partial charge in [-0.2, -0.15) is 0 Å². The molecule has 0 aliphatic rings. The third-order valence-electron chi connectivity index (χ3n) is 0.175. The van der Waals surface area contributed by atoms with Crippen LogP contribution in [-0.4, -0.2) is 74.9 Å². The Kier molecular flexibility index (Phi) is 20.4. The average molecular weight is 173 g/mol. The molecule has 0 aliphatic heterocycles. The Morgan fingerprint density at radius 2 is 1.60 bits per heavy atom. The van der Waals surface area contributed by atoms with E-state index >= 15 is 0 Å². The van der Waals surface area contributed by atoms with Crippen molar-refractivity contribution in [3.63, 3.8) is 0 Å². The first-order chi connectivity index (χ1) is 4.00. The molecule has 4 heteroatoms. The molecular formula is C6H15CaNO2. The van der Waals surface area contributed by atoms with Gasteiger partial charge in [-0.25, -0.2) is 4.79 Å². The van der Waals surface area contributed by atoms with Crippen LogP contribution in [0.15, 0.2) is 12.7 Å². The van der Waals surface area contributed by atoms with Gasteiger partial charge in [-0.1, -0.05) is 6.58 Å². The Balaban J connectivity index is -0.0000000910. The Bertz CT molecular complexity index is 91.0. The van der Waals surface area contributed by atoms with Gasteiger partial charge in [-0.05, 0) is 21.1 Å². The van der Waals surface area contributed by atoms with Gasteiger partial charge in [0.25, 0.3) is 0 Å². The van der Waals surface area contributed by atoms with E-state index in [1.54, 1.807) is 0 Å². The molecule has 0 bridgehead atoms. The van der Waals surface area contributed by atoms with Crippen molar-refractivity contribution >= 4 is 43.7 Å². The molecule has 0 fully saturated rings. The van der Waals surface area contributed by atoms with Gasteiger partial charge >= 0.3 is 43.7 Å². The zero-order chi connectivity index (χ0) is 7.86. The molecule has 0 saturated carbocycles. The van der Waals surface area contributed by atoms with Crippen molar-refractivity contribution in [3.05, 3.63) is 12.7 Å². The molecule has 3 nitrogen and oxygen atoms in total. The maximum atomic E-state index is 9.25. The number of aliphatic carboxylic acids is 1. The summed E-state index contributed by atoms with van der Waals surface area (Å²) in [5.74, 6) is -0.981. The molecule has 1 N–H and O–H groups in total. The monoisotopic (exact) mass is 173 g/mol. The van der Waals surface area contributed by atoms with Crippen LogP contribution in [0.2, 0.25) is 0 Å². The summed E-state index contributed by atoms with van der Waals surface area (Å²) < 4.78 is 0. The van der Waals surface area contributed by atoms with E-state index in [9.17, 15) is 4.79 Å². The van der Waals surface area contributed by atoms with Crippen molar-refractivity contribution in [3.8, 4) is 0 Å².